The van der Waals surface area contributed by atoms with Crippen LogP contribution < -0.4 is 10.5 Å². The molecule has 28 heavy (non-hydrogen) atoms. The maximum atomic E-state index is 11.1. The molecule has 4 aromatic rings. The number of aromatic nitrogens is 1. The van der Waals surface area contributed by atoms with Crippen LogP contribution in [0.5, 0.6) is 5.75 Å². The van der Waals surface area contributed by atoms with Crippen molar-refractivity contribution in [1.29, 1.82) is 0 Å². The topological polar surface area (TPSA) is 98.6 Å². The number of fused-ring (bicyclic) bond motifs is 1. The van der Waals surface area contributed by atoms with Gasteiger partial charge in [0.05, 0.1) is 18.4 Å². The molecule has 2 aromatic carbocycles. The van der Waals surface area contributed by atoms with Gasteiger partial charge in [-0.15, -0.1) is 11.3 Å². The van der Waals surface area contributed by atoms with Crippen LogP contribution in [-0.4, -0.2) is 16.1 Å². The van der Waals surface area contributed by atoms with Gasteiger partial charge in [-0.3, -0.25) is 4.79 Å². The summed E-state index contributed by atoms with van der Waals surface area (Å²) in [7, 11) is 0. The van der Waals surface area contributed by atoms with Crippen LogP contribution in [0.1, 0.15) is 16.1 Å². The minimum absolute atomic E-state index is 0.0805. The number of rotatable bonds is 7. The molecular weight excluding hydrogens is 376 g/mol. The SMILES string of the molecule is NCc1nc(-c2cc(COc3ccccc3CC(=O)O)cc3ccoc23)cs1. The van der Waals surface area contributed by atoms with Gasteiger partial charge in [-0.2, -0.15) is 0 Å². The molecule has 3 N–H and O–H groups in total. The van der Waals surface area contributed by atoms with Crippen molar-refractivity contribution in [2.24, 2.45) is 5.73 Å². The molecule has 0 spiro atoms. The maximum Gasteiger partial charge on any atom is 0.307 e. The van der Waals surface area contributed by atoms with E-state index in [4.69, 9.17) is 20.0 Å². The quantitative estimate of drug-likeness (QED) is 0.487. The predicted molar refractivity (Wildman–Crippen MR) is 107 cm³/mol. The van der Waals surface area contributed by atoms with Gasteiger partial charge in [0.25, 0.3) is 0 Å². The minimum Gasteiger partial charge on any atom is -0.489 e. The molecule has 0 unspecified atom stereocenters. The monoisotopic (exact) mass is 394 g/mol. The molecule has 0 amide bonds. The molecule has 0 saturated carbocycles. The Bertz CT molecular complexity index is 1130. The molecule has 0 atom stereocenters. The second kappa shape index (κ2) is 7.84. The molecule has 7 heteroatoms. The highest BCUT2D eigenvalue weighted by Crippen LogP contribution is 2.32. The van der Waals surface area contributed by atoms with Gasteiger partial charge < -0.3 is 20.0 Å². The molecule has 0 aliphatic carbocycles. The molecule has 0 radical (unpaired) electrons. The van der Waals surface area contributed by atoms with E-state index in [0.29, 0.717) is 24.5 Å². The fourth-order valence-electron chi connectivity index (χ4n) is 3.06. The van der Waals surface area contributed by atoms with Gasteiger partial charge in [-0.25, -0.2) is 4.98 Å². The summed E-state index contributed by atoms with van der Waals surface area (Å²) in [6.07, 6.45) is 1.57. The number of aliphatic carboxylic acids is 1. The largest absolute Gasteiger partial charge is 0.489 e. The summed E-state index contributed by atoms with van der Waals surface area (Å²) in [6, 6.07) is 13.1. The van der Waals surface area contributed by atoms with Crippen molar-refractivity contribution >= 4 is 28.3 Å². The van der Waals surface area contributed by atoms with E-state index >= 15 is 0 Å². The van der Waals surface area contributed by atoms with Crippen LogP contribution in [-0.2, 0) is 24.4 Å². The standard InChI is InChI=1S/C21H18N2O4S/c22-10-19-23-17(12-28-19)16-8-13(7-15-5-6-26-21(15)16)11-27-18-4-2-1-3-14(18)9-20(24)25/h1-8,12H,9-11,22H2,(H,24,25). The van der Waals surface area contributed by atoms with Crippen LogP contribution in [0.4, 0.5) is 0 Å². The summed E-state index contributed by atoms with van der Waals surface area (Å²) in [5.41, 5.74) is 9.74. The van der Waals surface area contributed by atoms with Crippen LogP contribution in [0.15, 0.2) is 58.5 Å². The third kappa shape index (κ3) is 3.76. The highest BCUT2D eigenvalue weighted by Gasteiger charge is 2.14. The number of thiazole rings is 1. The fourth-order valence-corrected chi connectivity index (χ4v) is 3.74. The number of benzene rings is 2. The van der Waals surface area contributed by atoms with E-state index in [0.717, 1.165) is 32.8 Å². The maximum absolute atomic E-state index is 11.1. The third-order valence-electron chi connectivity index (χ3n) is 4.32. The van der Waals surface area contributed by atoms with Crippen LogP contribution in [0, 0.1) is 0 Å². The van der Waals surface area contributed by atoms with Crippen molar-refractivity contribution in [2.45, 2.75) is 19.6 Å². The van der Waals surface area contributed by atoms with Gasteiger partial charge in [-0.1, -0.05) is 18.2 Å². The zero-order valence-corrected chi connectivity index (χ0v) is 15.7. The lowest BCUT2D eigenvalue weighted by atomic mass is 10.1. The number of carboxylic acids is 1. The van der Waals surface area contributed by atoms with E-state index in [1.54, 1.807) is 24.5 Å². The Morgan fingerprint density at radius 2 is 2.11 bits per heavy atom. The predicted octanol–water partition coefficient (Wildman–Crippen LogP) is 4.22. The van der Waals surface area contributed by atoms with Gasteiger partial charge in [0.1, 0.15) is 22.9 Å². The number of hydrogen-bond donors (Lipinski definition) is 2. The molecule has 0 aliphatic rings. The number of carbonyl (C=O) groups is 1. The van der Waals surface area contributed by atoms with Crippen molar-refractivity contribution in [3.63, 3.8) is 0 Å². The van der Waals surface area contributed by atoms with Crippen molar-refractivity contribution in [2.75, 3.05) is 0 Å². The first-order valence-electron chi connectivity index (χ1n) is 8.71. The lowest BCUT2D eigenvalue weighted by molar-refractivity contribution is -0.136. The fraction of sp³-hybridized carbons (Fsp3) is 0.143. The van der Waals surface area contributed by atoms with Crippen molar-refractivity contribution in [1.82, 2.24) is 4.98 Å². The van der Waals surface area contributed by atoms with Crippen LogP contribution >= 0.6 is 11.3 Å². The Balaban J connectivity index is 1.64. The lowest BCUT2D eigenvalue weighted by Gasteiger charge is -2.11. The molecule has 0 fully saturated rings. The van der Waals surface area contributed by atoms with E-state index < -0.39 is 5.97 Å². The normalized spacial score (nSPS) is 11.0. The summed E-state index contributed by atoms with van der Waals surface area (Å²) in [6.45, 7) is 0.702. The number of para-hydroxylation sites is 1. The first kappa shape index (κ1) is 18.2. The summed E-state index contributed by atoms with van der Waals surface area (Å²) < 4.78 is 11.6. The summed E-state index contributed by atoms with van der Waals surface area (Å²) in [5, 5.41) is 12.9. The van der Waals surface area contributed by atoms with E-state index in [-0.39, 0.29) is 6.42 Å². The first-order valence-corrected chi connectivity index (χ1v) is 9.59. The zero-order chi connectivity index (χ0) is 19.5. The van der Waals surface area contributed by atoms with Crippen molar-refractivity contribution in [3.05, 3.63) is 70.2 Å². The van der Waals surface area contributed by atoms with E-state index in [2.05, 4.69) is 4.98 Å². The molecule has 4 rings (SSSR count). The Morgan fingerprint density at radius 1 is 1.25 bits per heavy atom. The number of carboxylic acid groups (broad SMARTS) is 1. The third-order valence-corrected chi connectivity index (χ3v) is 5.19. The van der Waals surface area contributed by atoms with E-state index in [9.17, 15) is 4.79 Å². The summed E-state index contributed by atoms with van der Waals surface area (Å²) in [5.74, 6) is -0.324. The van der Waals surface area contributed by atoms with Crippen LogP contribution in [0.2, 0.25) is 0 Å². The molecule has 6 nitrogen and oxygen atoms in total. The smallest absolute Gasteiger partial charge is 0.307 e. The number of nitrogens with two attached hydrogens (primary N) is 1. The van der Waals surface area contributed by atoms with Gasteiger partial charge in [0, 0.05) is 28.4 Å². The number of nitrogens with zero attached hydrogens (tertiary/aromatic N) is 1. The second-order valence-electron chi connectivity index (χ2n) is 6.28. The van der Waals surface area contributed by atoms with Crippen LogP contribution in [0.25, 0.3) is 22.2 Å². The first-order chi connectivity index (χ1) is 13.6. The molecule has 142 valence electrons. The van der Waals surface area contributed by atoms with Gasteiger partial charge in [-0.05, 0) is 29.8 Å². The molecular formula is C21H18N2O4S. The number of hydrogen-bond acceptors (Lipinski definition) is 6. The number of furan rings is 1. The minimum atomic E-state index is -0.891. The van der Waals surface area contributed by atoms with Crippen LogP contribution in [0.3, 0.4) is 0 Å². The second-order valence-corrected chi connectivity index (χ2v) is 7.22. The van der Waals surface area contributed by atoms with E-state index in [1.165, 1.54) is 11.3 Å². The summed E-state index contributed by atoms with van der Waals surface area (Å²) >= 11 is 1.51. The molecule has 0 aliphatic heterocycles. The Hall–Kier alpha value is -3.16. The number of ether oxygens (including phenoxy) is 1. The Labute approximate surface area is 165 Å². The van der Waals surface area contributed by atoms with Crippen molar-refractivity contribution in [3.8, 4) is 17.0 Å². The highest BCUT2D eigenvalue weighted by molar-refractivity contribution is 7.09. The highest BCUT2D eigenvalue weighted by atomic mass is 32.1. The van der Waals surface area contributed by atoms with Gasteiger partial charge in [0.15, 0.2) is 0 Å². The molecule has 2 aromatic heterocycles. The molecule has 0 saturated heterocycles. The van der Waals surface area contributed by atoms with Gasteiger partial charge >= 0.3 is 5.97 Å². The Kier molecular flexibility index (Phi) is 5.10. The Morgan fingerprint density at radius 3 is 2.89 bits per heavy atom. The molecule has 2 heterocycles. The average molecular weight is 394 g/mol. The van der Waals surface area contributed by atoms with Crippen molar-refractivity contribution < 1.29 is 19.1 Å². The summed E-state index contributed by atoms with van der Waals surface area (Å²) in [4.78, 5) is 15.6. The lowest BCUT2D eigenvalue weighted by Crippen LogP contribution is -2.04. The molecule has 0 bridgehead atoms. The average Bonchev–Trinajstić information content (AvgIpc) is 3.35. The van der Waals surface area contributed by atoms with E-state index in [1.807, 2.05) is 29.6 Å². The van der Waals surface area contributed by atoms with Gasteiger partial charge in [0.2, 0.25) is 0 Å². The zero-order valence-electron chi connectivity index (χ0n) is 14.9.